The van der Waals surface area contributed by atoms with Crippen LogP contribution in [-0.2, 0) is 6.54 Å². The molecule has 0 bridgehead atoms. The minimum Gasteiger partial charge on any atom is -0.494 e. The quantitative estimate of drug-likeness (QED) is 0.722. The number of nitrogens with one attached hydrogen (secondary N) is 1. The number of ether oxygens (including phenoxy) is 1. The number of thiazole rings is 1. The van der Waals surface area contributed by atoms with Crippen LogP contribution < -0.4 is 10.1 Å². The summed E-state index contributed by atoms with van der Waals surface area (Å²) in [6, 6.07) is 13.8. The molecule has 0 radical (unpaired) electrons. The minimum absolute atomic E-state index is 0.664. The van der Waals surface area contributed by atoms with E-state index in [4.69, 9.17) is 16.3 Å². The summed E-state index contributed by atoms with van der Waals surface area (Å²) in [6.07, 6.45) is 0. The van der Waals surface area contributed by atoms with Gasteiger partial charge in [0.25, 0.3) is 0 Å². The van der Waals surface area contributed by atoms with Crippen molar-refractivity contribution in [1.29, 1.82) is 0 Å². The maximum absolute atomic E-state index is 6.15. The van der Waals surface area contributed by atoms with Gasteiger partial charge in [-0.05, 0) is 36.8 Å². The van der Waals surface area contributed by atoms with E-state index >= 15 is 0 Å². The molecule has 21 heavy (non-hydrogen) atoms. The van der Waals surface area contributed by atoms with Crippen LogP contribution in [0.4, 0.5) is 5.13 Å². The van der Waals surface area contributed by atoms with E-state index in [1.165, 1.54) is 0 Å². The first-order chi connectivity index (χ1) is 10.3. The Morgan fingerprint density at radius 2 is 2.10 bits per heavy atom. The molecule has 1 N–H and O–H groups in total. The maximum Gasteiger partial charge on any atom is 0.184 e. The highest BCUT2D eigenvalue weighted by Gasteiger charge is 2.06. The fraction of sp³-hybridized carbons (Fsp3) is 0.188. The summed E-state index contributed by atoms with van der Waals surface area (Å²) in [5.41, 5.74) is 2.04. The molecule has 0 spiro atoms. The van der Waals surface area contributed by atoms with Crippen molar-refractivity contribution >= 4 is 38.3 Å². The summed E-state index contributed by atoms with van der Waals surface area (Å²) in [4.78, 5) is 4.57. The number of hydrogen-bond acceptors (Lipinski definition) is 4. The fourth-order valence-electron chi connectivity index (χ4n) is 2.05. The van der Waals surface area contributed by atoms with Gasteiger partial charge >= 0.3 is 0 Å². The summed E-state index contributed by atoms with van der Waals surface area (Å²) >= 11 is 7.77. The highest BCUT2D eigenvalue weighted by atomic mass is 35.5. The molecule has 0 amide bonds. The number of aromatic nitrogens is 1. The molecule has 0 aliphatic carbocycles. The molecule has 0 aliphatic rings. The molecule has 0 atom stereocenters. The van der Waals surface area contributed by atoms with E-state index in [0.29, 0.717) is 13.2 Å². The van der Waals surface area contributed by atoms with Crippen LogP contribution in [0, 0.1) is 0 Å². The lowest BCUT2D eigenvalue weighted by Crippen LogP contribution is -1.99. The van der Waals surface area contributed by atoms with Crippen molar-refractivity contribution in [1.82, 2.24) is 4.98 Å². The molecular formula is C16H15ClN2OS. The van der Waals surface area contributed by atoms with E-state index < -0.39 is 0 Å². The van der Waals surface area contributed by atoms with Crippen molar-refractivity contribution in [2.24, 2.45) is 0 Å². The third-order valence-corrected chi connectivity index (χ3v) is 4.40. The lowest BCUT2D eigenvalue weighted by atomic mass is 10.2. The summed E-state index contributed by atoms with van der Waals surface area (Å²) in [5, 5.41) is 4.98. The average molecular weight is 319 g/mol. The Bertz CT molecular complexity index is 757. The number of nitrogens with zero attached hydrogens (tertiary/aromatic N) is 1. The van der Waals surface area contributed by atoms with E-state index in [9.17, 15) is 0 Å². The Hall–Kier alpha value is -1.78. The number of hydrogen-bond donors (Lipinski definition) is 1. The lowest BCUT2D eigenvalue weighted by molar-refractivity contribution is 0.341. The molecule has 3 nitrogen and oxygen atoms in total. The predicted octanol–water partition coefficient (Wildman–Crippen LogP) is 4.96. The zero-order valence-corrected chi connectivity index (χ0v) is 13.2. The molecule has 0 saturated heterocycles. The number of benzene rings is 2. The van der Waals surface area contributed by atoms with Gasteiger partial charge in [-0.1, -0.05) is 41.1 Å². The van der Waals surface area contributed by atoms with Crippen molar-refractivity contribution in [2.45, 2.75) is 13.5 Å². The molecule has 0 aliphatic heterocycles. The molecule has 108 valence electrons. The lowest BCUT2D eigenvalue weighted by Gasteiger charge is -2.04. The monoisotopic (exact) mass is 318 g/mol. The molecular weight excluding hydrogens is 304 g/mol. The minimum atomic E-state index is 0.664. The Morgan fingerprint density at radius 1 is 1.24 bits per heavy atom. The Morgan fingerprint density at radius 3 is 2.90 bits per heavy atom. The van der Waals surface area contributed by atoms with E-state index in [2.05, 4.69) is 10.3 Å². The molecule has 3 aromatic rings. The summed E-state index contributed by atoms with van der Waals surface area (Å²) < 4.78 is 6.62. The van der Waals surface area contributed by atoms with Gasteiger partial charge in [-0.3, -0.25) is 0 Å². The normalized spacial score (nSPS) is 10.8. The van der Waals surface area contributed by atoms with Gasteiger partial charge in [0.1, 0.15) is 5.75 Å². The Kier molecular flexibility index (Phi) is 4.27. The SMILES string of the molecule is CCOc1ccc2nc(NCc3ccccc3Cl)sc2c1. The highest BCUT2D eigenvalue weighted by Crippen LogP contribution is 2.29. The fourth-order valence-corrected chi connectivity index (χ4v) is 3.14. The van der Waals surface area contributed by atoms with Crippen LogP contribution in [0.15, 0.2) is 42.5 Å². The molecule has 0 unspecified atom stereocenters. The van der Waals surface area contributed by atoms with Crippen LogP contribution in [0.25, 0.3) is 10.2 Å². The highest BCUT2D eigenvalue weighted by molar-refractivity contribution is 7.22. The van der Waals surface area contributed by atoms with Crippen molar-refractivity contribution in [3.63, 3.8) is 0 Å². The first kappa shape index (κ1) is 14.2. The zero-order chi connectivity index (χ0) is 14.7. The maximum atomic E-state index is 6.15. The third-order valence-electron chi connectivity index (χ3n) is 3.06. The summed E-state index contributed by atoms with van der Waals surface area (Å²) in [5.74, 6) is 0.881. The predicted molar refractivity (Wildman–Crippen MR) is 89.6 cm³/mol. The van der Waals surface area contributed by atoms with E-state index in [1.54, 1.807) is 11.3 Å². The van der Waals surface area contributed by atoms with Gasteiger partial charge in [0, 0.05) is 11.6 Å². The van der Waals surface area contributed by atoms with Crippen LogP contribution in [0.5, 0.6) is 5.75 Å². The van der Waals surface area contributed by atoms with Crippen molar-refractivity contribution in [3.8, 4) is 5.75 Å². The first-order valence-corrected chi connectivity index (χ1v) is 7.96. The van der Waals surface area contributed by atoms with Gasteiger partial charge in [0.2, 0.25) is 0 Å². The number of fused-ring (bicyclic) bond motifs is 1. The van der Waals surface area contributed by atoms with Crippen molar-refractivity contribution in [3.05, 3.63) is 53.1 Å². The summed E-state index contributed by atoms with van der Waals surface area (Å²) in [6.45, 7) is 3.31. The first-order valence-electron chi connectivity index (χ1n) is 6.77. The van der Waals surface area contributed by atoms with E-state index in [0.717, 1.165) is 31.7 Å². The standard InChI is InChI=1S/C16H15ClN2OS/c1-2-20-12-7-8-14-15(9-12)21-16(19-14)18-10-11-5-3-4-6-13(11)17/h3-9H,2,10H2,1H3,(H,18,19). The molecule has 3 rings (SSSR count). The zero-order valence-electron chi connectivity index (χ0n) is 11.6. The number of rotatable bonds is 5. The largest absolute Gasteiger partial charge is 0.494 e. The van der Waals surface area contributed by atoms with Gasteiger partial charge in [-0.2, -0.15) is 0 Å². The molecule has 1 heterocycles. The van der Waals surface area contributed by atoms with Gasteiger partial charge in [0.15, 0.2) is 5.13 Å². The molecule has 0 fully saturated rings. The van der Waals surface area contributed by atoms with Crippen LogP contribution >= 0.6 is 22.9 Å². The average Bonchev–Trinajstić information content (AvgIpc) is 2.89. The number of anilines is 1. The number of halogens is 1. The second kappa shape index (κ2) is 6.33. The van der Waals surface area contributed by atoms with E-state index in [1.807, 2.05) is 49.4 Å². The Balaban J connectivity index is 1.77. The second-order valence-corrected chi connectivity index (χ2v) is 5.96. The molecule has 5 heteroatoms. The van der Waals surface area contributed by atoms with Gasteiger partial charge < -0.3 is 10.1 Å². The van der Waals surface area contributed by atoms with Gasteiger partial charge in [-0.25, -0.2) is 4.98 Å². The van der Waals surface area contributed by atoms with Crippen molar-refractivity contribution < 1.29 is 4.74 Å². The van der Waals surface area contributed by atoms with Crippen LogP contribution in [-0.4, -0.2) is 11.6 Å². The van der Waals surface area contributed by atoms with Crippen LogP contribution in [0.1, 0.15) is 12.5 Å². The smallest absolute Gasteiger partial charge is 0.184 e. The second-order valence-electron chi connectivity index (χ2n) is 4.53. The molecule has 2 aromatic carbocycles. The third kappa shape index (κ3) is 3.28. The van der Waals surface area contributed by atoms with E-state index in [-0.39, 0.29) is 0 Å². The van der Waals surface area contributed by atoms with Gasteiger partial charge in [0.05, 0.1) is 16.8 Å². The van der Waals surface area contributed by atoms with Gasteiger partial charge in [-0.15, -0.1) is 0 Å². The van der Waals surface area contributed by atoms with Crippen LogP contribution in [0.2, 0.25) is 5.02 Å². The Labute approximate surface area is 132 Å². The molecule has 0 saturated carbocycles. The molecule has 1 aromatic heterocycles. The van der Waals surface area contributed by atoms with Crippen molar-refractivity contribution in [2.75, 3.05) is 11.9 Å². The van der Waals surface area contributed by atoms with Crippen LogP contribution in [0.3, 0.4) is 0 Å². The topological polar surface area (TPSA) is 34.1 Å². The summed E-state index contributed by atoms with van der Waals surface area (Å²) in [7, 11) is 0.